The highest BCUT2D eigenvalue weighted by Crippen LogP contribution is 2.21. The normalized spacial score (nSPS) is 11.0. The van der Waals surface area contributed by atoms with Crippen LogP contribution < -0.4 is 5.32 Å². The Labute approximate surface area is 147 Å². The number of aromatic nitrogens is 1. The van der Waals surface area contributed by atoms with Crippen molar-refractivity contribution in [3.05, 3.63) is 42.2 Å². The number of ether oxygens (including phenoxy) is 1. The maximum absolute atomic E-state index is 12.9. The standard InChI is InChI=1S/C19H25FN2O3/c1-14(2)13-24-11-3-10-21-18(23)8-9-19-22-12-17(25-19)15-4-6-16(20)7-5-15/h4-7,12,14H,3,8-11,13H2,1-2H3,(H,21,23). The molecule has 2 rings (SSSR count). The van der Waals surface area contributed by atoms with Crippen molar-refractivity contribution in [3.8, 4) is 11.3 Å². The van der Waals surface area contributed by atoms with Crippen LogP contribution in [0.3, 0.4) is 0 Å². The van der Waals surface area contributed by atoms with Crippen LogP contribution in [0.25, 0.3) is 11.3 Å². The molecule has 0 fully saturated rings. The number of amides is 1. The molecule has 1 N–H and O–H groups in total. The molecule has 5 nitrogen and oxygen atoms in total. The molecule has 0 saturated heterocycles. The Morgan fingerprint density at radius 2 is 2.08 bits per heavy atom. The predicted octanol–water partition coefficient (Wildman–Crippen LogP) is 3.59. The molecule has 0 unspecified atom stereocenters. The number of benzene rings is 1. The summed E-state index contributed by atoms with van der Waals surface area (Å²) in [5.74, 6) is 1.25. The van der Waals surface area contributed by atoms with E-state index in [0.29, 0.717) is 43.6 Å². The third-order valence-corrected chi connectivity index (χ3v) is 3.49. The lowest BCUT2D eigenvalue weighted by Gasteiger charge is -2.07. The van der Waals surface area contributed by atoms with Crippen LogP contribution >= 0.6 is 0 Å². The second-order valence-electron chi connectivity index (χ2n) is 6.30. The van der Waals surface area contributed by atoms with Gasteiger partial charge in [-0.2, -0.15) is 0 Å². The summed E-state index contributed by atoms with van der Waals surface area (Å²) in [7, 11) is 0. The third-order valence-electron chi connectivity index (χ3n) is 3.49. The Morgan fingerprint density at radius 3 is 2.80 bits per heavy atom. The Morgan fingerprint density at radius 1 is 1.32 bits per heavy atom. The van der Waals surface area contributed by atoms with E-state index in [1.807, 2.05) is 0 Å². The summed E-state index contributed by atoms with van der Waals surface area (Å²) in [5, 5.41) is 2.86. The van der Waals surface area contributed by atoms with Gasteiger partial charge in [0.15, 0.2) is 11.7 Å². The molecule has 6 heteroatoms. The molecule has 0 atom stereocenters. The number of nitrogens with zero attached hydrogens (tertiary/aromatic N) is 1. The number of carbonyl (C=O) groups is 1. The van der Waals surface area contributed by atoms with Crippen molar-refractivity contribution in [1.29, 1.82) is 0 Å². The maximum Gasteiger partial charge on any atom is 0.220 e. The molecular weight excluding hydrogens is 323 g/mol. The number of carbonyl (C=O) groups excluding carboxylic acids is 1. The minimum absolute atomic E-state index is 0.0367. The quantitative estimate of drug-likeness (QED) is 0.667. The fraction of sp³-hybridized carbons (Fsp3) is 0.474. The van der Waals surface area contributed by atoms with Gasteiger partial charge in [-0.3, -0.25) is 4.79 Å². The van der Waals surface area contributed by atoms with Crippen molar-refractivity contribution in [2.75, 3.05) is 19.8 Å². The first-order valence-corrected chi connectivity index (χ1v) is 8.59. The summed E-state index contributed by atoms with van der Waals surface area (Å²) < 4.78 is 24.0. The molecule has 0 aliphatic rings. The van der Waals surface area contributed by atoms with E-state index in [2.05, 4.69) is 24.1 Å². The zero-order valence-corrected chi connectivity index (χ0v) is 14.8. The van der Waals surface area contributed by atoms with Crippen molar-refractivity contribution in [3.63, 3.8) is 0 Å². The first-order valence-electron chi connectivity index (χ1n) is 8.59. The first kappa shape index (κ1) is 19.1. The first-order chi connectivity index (χ1) is 12.0. The molecule has 2 aromatic rings. The number of hydrogen-bond donors (Lipinski definition) is 1. The van der Waals surface area contributed by atoms with Gasteiger partial charge in [-0.1, -0.05) is 13.8 Å². The van der Waals surface area contributed by atoms with E-state index < -0.39 is 0 Å². The fourth-order valence-corrected chi connectivity index (χ4v) is 2.20. The SMILES string of the molecule is CC(C)COCCCNC(=O)CCc1ncc(-c2ccc(F)cc2)o1. The summed E-state index contributed by atoms with van der Waals surface area (Å²) in [4.78, 5) is 16.0. The Hall–Kier alpha value is -2.21. The van der Waals surface area contributed by atoms with E-state index in [1.54, 1.807) is 18.3 Å². The monoisotopic (exact) mass is 348 g/mol. The van der Waals surface area contributed by atoms with E-state index >= 15 is 0 Å². The van der Waals surface area contributed by atoms with Gasteiger partial charge in [0.25, 0.3) is 0 Å². The molecule has 0 spiro atoms. The zero-order valence-electron chi connectivity index (χ0n) is 14.8. The average molecular weight is 348 g/mol. The lowest BCUT2D eigenvalue weighted by molar-refractivity contribution is -0.121. The fourth-order valence-electron chi connectivity index (χ4n) is 2.20. The molecule has 0 radical (unpaired) electrons. The highest BCUT2D eigenvalue weighted by atomic mass is 19.1. The summed E-state index contributed by atoms with van der Waals surface area (Å²) in [6.07, 6.45) is 3.13. The summed E-state index contributed by atoms with van der Waals surface area (Å²) >= 11 is 0. The van der Waals surface area contributed by atoms with E-state index in [4.69, 9.17) is 9.15 Å². The van der Waals surface area contributed by atoms with E-state index in [9.17, 15) is 9.18 Å². The van der Waals surface area contributed by atoms with Crippen LogP contribution in [0, 0.1) is 11.7 Å². The van der Waals surface area contributed by atoms with E-state index in [-0.39, 0.29) is 11.7 Å². The molecular formula is C19H25FN2O3. The smallest absolute Gasteiger partial charge is 0.220 e. The molecule has 1 amide bonds. The molecule has 0 bridgehead atoms. The summed E-state index contributed by atoms with van der Waals surface area (Å²) in [5.41, 5.74) is 0.756. The number of hydrogen-bond acceptors (Lipinski definition) is 4. The van der Waals surface area contributed by atoms with Crippen LogP contribution in [0.15, 0.2) is 34.9 Å². The summed E-state index contributed by atoms with van der Waals surface area (Å²) in [6, 6.07) is 6.01. The average Bonchev–Trinajstić information content (AvgIpc) is 3.05. The van der Waals surface area contributed by atoms with Gasteiger partial charge in [0, 0.05) is 38.2 Å². The molecule has 25 heavy (non-hydrogen) atoms. The van der Waals surface area contributed by atoms with Crippen molar-refractivity contribution < 1.29 is 18.3 Å². The van der Waals surface area contributed by atoms with Gasteiger partial charge >= 0.3 is 0 Å². The van der Waals surface area contributed by atoms with Gasteiger partial charge in [0.2, 0.25) is 5.91 Å². The molecule has 0 saturated carbocycles. The highest BCUT2D eigenvalue weighted by Gasteiger charge is 2.09. The summed E-state index contributed by atoms with van der Waals surface area (Å²) in [6.45, 7) is 6.20. The van der Waals surface area contributed by atoms with Crippen LogP contribution in [-0.4, -0.2) is 30.6 Å². The van der Waals surface area contributed by atoms with Gasteiger partial charge in [0.05, 0.1) is 6.20 Å². The molecule has 0 aliphatic heterocycles. The second kappa shape index (κ2) is 9.93. The molecule has 0 aliphatic carbocycles. The van der Waals surface area contributed by atoms with E-state index in [0.717, 1.165) is 18.6 Å². The van der Waals surface area contributed by atoms with Crippen molar-refractivity contribution >= 4 is 5.91 Å². The van der Waals surface area contributed by atoms with Gasteiger partial charge in [-0.15, -0.1) is 0 Å². The molecule has 1 heterocycles. The largest absolute Gasteiger partial charge is 0.441 e. The Kier molecular flexibility index (Phi) is 7.60. The third kappa shape index (κ3) is 7.05. The predicted molar refractivity (Wildman–Crippen MR) is 93.5 cm³/mol. The van der Waals surface area contributed by atoms with E-state index in [1.165, 1.54) is 12.1 Å². The van der Waals surface area contributed by atoms with Gasteiger partial charge in [0.1, 0.15) is 5.82 Å². The topological polar surface area (TPSA) is 64.4 Å². The van der Waals surface area contributed by atoms with Crippen molar-refractivity contribution in [1.82, 2.24) is 10.3 Å². The van der Waals surface area contributed by atoms with Crippen LogP contribution in [0.1, 0.15) is 32.6 Å². The van der Waals surface area contributed by atoms with Crippen LogP contribution in [0.4, 0.5) is 4.39 Å². The molecule has 1 aromatic heterocycles. The van der Waals surface area contributed by atoms with Crippen molar-refractivity contribution in [2.24, 2.45) is 5.92 Å². The minimum atomic E-state index is -0.297. The number of nitrogens with one attached hydrogen (secondary N) is 1. The molecule has 136 valence electrons. The minimum Gasteiger partial charge on any atom is -0.441 e. The number of rotatable bonds is 10. The second-order valence-corrected chi connectivity index (χ2v) is 6.30. The van der Waals surface area contributed by atoms with Crippen LogP contribution in [0.2, 0.25) is 0 Å². The Balaban J connectivity index is 1.66. The zero-order chi connectivity index (χ0) is 18.1. The lowest BCUT2D eigenvalue weighted by atomic mass is 10.2. The van der Waals surface area contributed by atoms with Gasteiger partial charge in [-0.25, -0.2) is 9.37 Å². The highest BCUT2D eigenvalue weighted by molar-refractivity contribution is 5.75. The number of aryl methyl sites for hydroxylation is 1. The van der Waals surface area contributed by atoms with Crippen LogP contribution in [-0.2, 0) is 16.0 Å². The number of halogens is 1. The lowest BCUT2D eigenvalue weighted by Crippen LogP contribution is -2.25. The Bertz CT molecular complexity index is 653. The van der Waals surface area contributed by atoms with Crippen LogP contribution in [0.5, 0.6) is 0 Å². The maximum atomic E-state index is 12.9. The number of oxazole rings is 1. The van der Waals surface area contributed by atoms with Crippen molar-refractivity contribution in [2.45, 2.75) is 33.1 Å². The van der Waals surface area contributed by atoms with Gasteiger partial charge < -0.3 is 14.5 Å². The van der Waals surface area contributed by atoms with Gasteiger partial charge in [-0.05, 0) is 36.6 Å². The molecule has 1 aromatic carbocycles.